The van der Waals surface area contributed by atoms with E-state index in [0.717, 1.165) is 15.9 Å². The van der Waals surface area contributed by atoms with Crippen LogP contribution in [0.3, 0.4) is 0 Å². The minimum atomic E-state index is 0.124. The number of nitrogens with zero attached hydrogens (tertiary/aromatic N) is 2. The molecule has 0 saturated carbocycles. The molecule has 0 unspecified atom stereocenters. The van der Waals surface area contributed by atoms with E-state index in [9.17, 15) is 0 Å². The zero-order valence-electron chi connectivity index (χ0n) is 7.87. The molecular weight excluding hydrogens is 244 g/mol. The number of aryl methyl sites for hydroxylation is 1. The molecule has 0 aliphatic carbocycles. The molecule has 0 fully saturated rings. The Morgan fingerprint density at radius 2 is 2.36 bits per heavy atom. The molecule has 74 valence electrons. The van der Waals surface area contributed by atoms with E-state index < -0.39 is 0 Å². The van der Waals surface area contributed by atoms with Gasteiger partial charge in [-0.25, -0.2) is 4.98 Å². The van der Waals surface area contributed by atoms with Crippen molar-refractivity contribution in [2.45, 2.75) is 13.3 Å². The fourth-order valence-electron chi connectivity index (χ4n) is 1.59. The highest BCUT2D eigenvalue weighted by molar-refractivity contribution is 9.10. The van der Waals surface area contributed by atoms with Crippen molar-refractivity contribution in [3.8, 4) is 0 Å². The van der Waals surface area contributed by atoms with Crippen LogP contribution < -0.4 is 0 Å². The SMILES string of the molecule is Cc1cccn2c(CCO)nc(Br)c12. The highest BCUT2D eigenvalue weighted by Gasteiger charge is 2.09. The van der Waals surface area contributed by atoms with E-state index in [1.165, 1.54) is 5.56 Å². The van der Waals surface area contributed by atoms with Crippen LogP contribution in [0.4, 0.5) is 0 Å². The molecule has 0 radical (unpaired) electrons. The van der Waals surface area contributed by atoms with E-state index in [1.54, 1.807) is 0 Å². The molecule has 2 heterocycles. The van der Waals surface area contributed by atoms with Crippen molar-refractivity contribution < 1.29 is 5.11 Å². The maximum Gasteiger partial charge on any atom is 0.132 e. The Morgan fingerprint density at radius 1 is 1.57 bits per heavy atom. The lowest BCUT2D eigenvalue weighted by molar-refractivity contribution is 0.296. The van der Waals surface area contributed by atoms with Crippen molar-refractivity contribution in [1.82, 2.24) is 9.38 Å². The molecule has 4 heteroatoms. The maximum atomic E-state index is 8.89. The molecule has 2 rings (SSSR count). The maximum absolute atomic E-state index is 8.89. The summed E-state index contributed by atoms with van der Waals surface area (Å²) in [4.78, 5) is 4.36. The number of aromatic nitrogens is 2. The van der Waals surface area contributed by atoms with Gasteiger partial charge < -0.3 is 9.51 Å². The molecule has 0 amide bonds. The fraction of sp³-hybridized carbons (Fsp3) is 0.300. The van der Waals surface area contributed by atoms with Gasteiger partial charge in [-0.15, -0.1) is 0 Å². The Morgan fingerprint density at radius 3 is 3.07 bits per heavy atom. The molecule has 0 atom stereocenters. The average Bonchev–Trinajstić information content (AvgIpc) is 2.46. The Hall–Kier alpha value is -0.870. The summed E-state index contributed by atoms with van der Waals surface area (Å²) in [7, 11) is 0. The van der Waals surface area contributed by atoms with Gasteiger partial charge in [-0.3, -0.25) is 0 Å². The lowest BCUT2D eigenvalue weighted by Gasteiger charge is -2.00. The van der Waals surface area contributed by atoms with Gasteiger partial charge in [0, 0.05) is 12.6 Å². The van der Waals surface area contributed by atoms with Crippen LogP contribution in [-0.2, 0) is 6.42 Å². The van der Waals surface area contributed by atoms with Crippen LogP contribution in [0.5, 0.6) is 0 Å². The summed E-state index contributed by atoms with van der Waals surface area (Å²) in [6, 6.07) is 4.03. The number of fused-ring (bicyclic) bond motifs is 1. The molecule has 0 saturated heterocycles. The van der Waals surface area contributed by atoms with Gasteiger partial charge in [0.2, 0.25) is 0 Å². The van der Waals surface area contributed by atoms with Gasteiger partial charge in [-0.2, -0.15) is 0 Å². The average molecular weight is 255 g/mol. The number of rotatable bonds is 2. The topological polar surface area (TPSA) is 37.5 Å². The first kappa shape index (κ1) is 9.68. The zero-order chi connectivity index (χ0) is 10.1. The van der Waals surface area contributed by atoms with Gasteiger partial charge in [0.25, 0.3) is 0 Å². The van der Waals surface area contributed by atoms with Crippen molar-refractivity contribution in [3.05, 3.63) is 34.3 Å². The third-order valence-corrected chi connectivity index (χ3v) is 2.78. The first-order valence-electron chi connectivity index (χ1n) is 4.47. The molecule has 1 N–H and O–H groups in total. The highest BCUT2D eigenvalue weighted by atomic mass is 79.9. The lowest BCUT2D eigenvalue weighted by Crippen LogP contribution is -1.98. The van der Waals surface area contributed by atoms with Crippen molar-refractivity contribution >= 4 is 21.4 Å². The predicted octanol–water partition coefficient (Wildman–Crippen LogP) is 1.94. The second-order valence-electron chi connectivity index (χ2n) is 3.20. The zero-order valence-corrected chi connectivity index (χ0v) is 9.45. The molecular formula is C10H11BrN2O. The first-order chi connectivity index (χ1) is 6.74. The largest absolute Gasteiger partial charge is 0.396 e. The minimum Gasteiger partial charge on any atom is -0.396 e. The number of hydrogen-bond donors (Lipinski definition) is 1. The van der Waals surface area contributed by atoms with Crippen LogP contribution in [0.1, 0.15) is 11.4 Å². The van der Waals surface area contributed by atoms with Crippen LogP contribution in [0, 0.1) is 6.92 Å². The fourth-order valence-corrected chi connectivity index (χ4v) is 2.30. The van der Waals surface area contributed by atoms with Crippen LogP contribution in [0.2, 0.25) is 0 Å². The van der Waals surface area contributed by atoms with Gasteiger partial charge in [0.15, 0.2) is 0 Å². The van der Waals surface area contributed by atoms with Crippen molar-refractivity contribution in [2.24, 2.45) is 0 Å². The summed E-state index contributed by atoms with van der Waals surface area (Å²) >= 11 is 3.42. The number of aliphatic hydroxyl groups excluding tert-OH is 1. The standard InChI is InChI=1S/C10H11BrN2O/c1-7-3-2-5-13-8(4-6-14)12-10(11)9(7)13/h2-3,5,14H,4,6H2,1H3. The number of aliphatic hydroxyl groups is 1. The molecule has 14 heavy (non-hydrogen) atoms. The van der Waals surface area contributed by atoms with E-state index in [-0.39, 0.29) is 6.61 Å². The summed E-state index contributed by atoms with van der Waals surface area (Å²) in [5.41, 5.74) is 2.26. The summed E-state index contributed by atoms with van der Waals surface area (Å²) in [5, 5.41) is 8.89. The highest BCUT2D eigenvalue weighted by Crippen LogP contribution is 2.22. The number of imidazole rings is 1. The van der Waals surface area contributed by atoms with E-state index in [1.807, 2.05) is 29.7 Å². The summed E-state index contributed by atoms with van der Waals surface area (Å²) in [5.74, 6) is 0.887. The second kappa shape index (κ2) is 3.71. The van der Waals surface area contributed by atoms with Crippen LogP contribution in [0.25, 0.3) is 5.52 Å². The molecule has 0 aromatic carbocycles. The Kier molecular flexibility index (Phi) is 2.56. The van der Waals surface area contributed by atoms with Gasteiger partial charge in [0.1, 0.15) is 10.4 Å². The molecule has 2 aromatic heterocycles. The van der Waals surface area contributed by atoms with E-state index in [0.29, 0.717) is 6.42 Å². The van der Waals surface area contributed by atoms with Crippen LogP contribution in [0.15, 0.2) is 22.9 Å². The smallest absolute Gasteiger partial charge is 0.132 e. The molecule has 0 aliphatic heterocycles. The van der Waals surface area contributed by atoms with Crippen LogP contribution in [-0.4, -0.2) is 21.1 Å². The van der Waals surface area contributed by atoms with Crippen molar-refractivity contribution in [2.75, 3.05) is 6.61 Å². The summed E-state index contributed by atoms with van der Waals surface area (Å²) in [6.45, 7) is 2.17. The van der Waals surface area contributed by atoms with Gasteiger partial charge >= 0.3 is 0 Å². The summed E-state index contributed by atoms with van der Waals surface area (Å²) < 4.78 is 2.86. The number of halogens is 1. The molecule has 0 aliphatic rings. The Labute approximate surface area is 90.5 Å². The molecule has 3 nitrogen and oxygen atoms in total. The minimum absolute atomic E-state index is 0.124. The third-order valence-electron chi connectivity index (χ3n) is 2.23. The van der Waals surface area contributed by atoms with Crippen molar-refractivity contribution in [1.29, 1.82) is 0 Å². The predicted molar refractivity (Wildman–Crippen MR) is 58.4 cm³/mol. The van der Waals surface area contributed by atoms with Gasteiger partial charge in [0.05, 0.1) is 12.1 Å². The molecule has 0 bridgehead atoms. The summed E-state index contributed by atoms with van der Waals surface area (Å²) in [6.07, 6.45) is 2.54. The normalized spacial score (nSPS) is 11.1. The van der Waals surface area contributed by atoms with E-state index in [4.69, 9.17) is 5.11 Å². The number of pyridine rings is 1. The first-order valence-corrected chi connectivity index (χ1v) is 5.26. The van der Waals surface area contributed by atoms with Crippen molar-refractivity contribution in [3.63, 3.8) is 0 Å². The van der Waals surface area contributed by atoms with Crippen LogP contribution >= 0.6 is 15.9 Å². The van der Waals surface area contributed by atoms with E-state index >= 15 is 0 Å². The Balaban J connectivity index is 2.71. The third kappa shape index (κ3) is 1.44. The molecule has 0 spiro atoms. The van der Waals surface area contributed by atoms with E-state index in [2.05, 4.69) is 20.9 Å². The van der Waals surface area contributed by atoms with Gasteiger partial charge in [-0.05, 0) is 34.5 Å². The number of hydrogen-bond acceptors (Lipinski definition) is 2. The molecule has 2 aromatic rings. The second-order valence-corrected chi connectivity index (χ2v) is 3.95. The van der Waals surface area contributed by atoms with Gasteiger partial charge in [-0.1, -0.05) is 6.07 Å². The lowest BCUT2D eigenvalue weighted by atomic mass is 10.2. The Bertz CT molecular complexity index is 464. The quantitative estimate of drug-likeness (QED) is 0.890. The monoisotopic (exact) mass is 254 g/mol.